The fraction of sp³-hybridized carbons (Fsp3) is 0.200. The molecule has 0 radical (unpaired) electrons. The Bertz CT molecular complexity index is 158. The summed E-state index contributed by atoms with van der Waals surface area (Å²) < 4.78 is 0. The Morgan fingerprint density at radius 3 is 1.30 bits per heavy atom. The van der Waals surface area contributed by atoms with Crippen LogP contribution in [0.4, 0.5) is 0 Å². The molecule has 0 saturated carbocycles. The van der Waals surface area contributed by atoms with Crippen molar-refractivity contribution in [2.45, 2.75) is 13.8 Å². The Balaban J connectivity index is 4.58. The van der Waals surface area contributed by atoms with Crippen molar-refractivity contribution in [3.63, 3.8) is 0 Å². The molecule has 10 heavy (non-hydrogen) atoms. The van der Waals surface area contributed by atoms with E-state index in [-0.39, 0.29) is 0 Å². The molecule has 0 heterocycles. The van der Waals surface area contributed by atoms with Crippen molar-refractivity contribution in [1.82, 2.24) is 0 Å². The molecule has 0 aliphatic rings. The quantitative estimate of drug-likeness (QED) is 0.520. The smallest absolute Gasteiger partial charge is 0.0236 e. The van der Waals surface area contributed by atoms with Gasteiger partial charge in [0.2, 0.25) is 0 Å². The Morgan fingerprint density at radius 1 is 0.900 bits per heavy atom. The van der Waals surface area contributed by atoms with E-state index < -0.39 is 0 Å². The van der Waals surface area contributed by atoms with Gasteiger partial charge < -0.3 is 0 Å². The van der Waals surface area contributed by atoms with E-state index in [1.807, 2.05) is 38.2 Å². The third-order valence-electron chi connectivity index (χ3n) is 1.40. The maximum atomic E-state index is 3.69. The summed E-state index contributed by atoms with van der Waals surface area (Å²) in [4.78, 5) is 0. The van der Waals surface area contributed by atoms with Gasteiger partial charge in [0, 0.05) is 0 Å². The molecule has 54 valence electrons. The van der Waals surface area contributed by atoms with Crippen LogP contribution < -0.4 is 0 Å². The SMILES string of the molecule is C=CC(=C\C)/C(C=C)=C/C. The molecule has 0 aromatic rings. The summed E-state index contributed by atoms with van der Waals surface area (Å²) >= 11 is 0. The van der Waals surface area contributed by atoms with E-state index in [4.69, 9.17) is 0 Å². The number of allylic oxidation sites excluding steroid dienone is 6. The minimum Gasteiger partial charge on any atom is -0.0985 e. The van der Waals surface area contributed by atoms with Gasteiger partial charge in [-0.1, -0.05) is 37.5 Å². The van der Waals surface area contributed by atoms with E-state index in [2.05, 4.69) is 13.2 Å². The van der Waals surface area contributed by atoms with Gasteiger partial charge in [0.15, 0.2) is 0 Å². The van der Waals surface area contributed by atoms with Crippen LogP contribution in [0.2, 0.25) is 0 Å². The molecule has 0 unspecified atom stereocenters. The average Bonchev–Trinajstić information content (AvgIpc) is 2.00. The first-order valence-electron chi connectivity index (χ1n) is 3.38. The first-order chi connectivity index (χ1) is 4.79. The van der Waals surface area contributed by atoms with Crippen molar-refractivity contribution in [2.24, 2.45) is 0 Å². The van der Waals surface area contributed by atoms with Crippen LogP contribution in [-0.4, -0.2) is 0 Å². The number of hydrogen-bond acceptors (Lipinski definition) is 0. The molecule has 0 rings (SSSR count). The maximum Gasteiger partial charge on any atom is -0.0236 e. The number of rotatable bonds is 3. The number of hydrogen-bond donors (Lipinski definition) is 0. The van der Waals surface area contributed by atoms with E-state index in [0.29, 0.717) is 0 Å². The summed E-state index contributed by atoms with van der Waals surface area (Å²) in [5, 5.41) is 0. The topological polar surface area (TPSA) is 0 Å². The fourth-order valence-corrected chi connectivity index (χ4v) is 0.805. The maximum absolute atomic E-state index is 3.69. The molecule has 0 aliphatic heterocycles. The van der Waals surface area contributed by atoms with Gasteiger partial charge in [-0.3, -0.25) is 0 Å². The van der Waals surface area contributed by atoms with Gasteiger partial charge in [-0.2, -0.15) is 0 Å². The highest BCUT2D eigenvalue weighted by Crippen LogP contribution is 2.10. The van der Waals surface area contributed by atoms with Crippen molar-refractivity contribution in [3.05, 3.63) is 48.6 Å². The molecular formula is C10H14. The van der Waals surface area contributed by atoms with Gasteiger partial charge in [0.1, 0.15) is 0 Å². The zero-order chi connectivity index (χ0) is 7.98. The zero-order valence-electron chi connectivity index (χ0n) is 6.72. The molecular weight excluding hydrogens is 120 g/mol. The van der Waals surface area contributed by atoms with Crippen molar-refractivity contribution in [3.8, 4) is 0 Å². The molecule has 0 fully saturated rings. The predicted molar refractivity (Wildman–Crippen MR) is 47.9 cm³/mol. The van der Waals surface area contributed by atoms with Crippen LogP contribution in [-0.2, 0) is 0 Å². The normalized spacial score (nSPS) is 13.0. The van der Waals surface area contributed by atoms with Crippen LogP contribution in [0, 0.1) is 0 Å². The predicted octanol–water partition coefficient (Wildman–Crippen LogP) is 3.25. The van der Waals surface area contributed by atoms with Gasteiger partial charge in [-0.15, -0.1) is 0 Å². The van der Waals surface area contributed by atoms with Gasteiger partial charge in [-0.25, -0.2) is 0 Å². The van der Waals surface area contributed by atoms with Crippen LogP contribution in [0.25, 0.3) is 0 Å². The summed E-state index contributed by atoms with van der Waals surface area (Å²) in [6.07, 6.45) is 7.70. The second-order valence-corrected chi connectivity index (χ2v) is 1.90. The van der Waals surface area contributed by atoms with Crippen LogP contribution in [0.1, 0.15) is 13.8 Å². The Hall–Kier alpha value is -1.04. The van der Waals surface area contributed by atoms with Crippen molar-refractivity contribution in [1.29, 1.82) is 0 Å². The first kappa shape index (κ1) is 8.96. The molecule has 0 bridgehead atoms. The highest BCUT2D eigenvalue weighted by atomic mass is 14.0. The van der Waals surface area contributed by atoms with Crippen molar-refractivity contribution in [2.75, 3.05) is 0 Å². The lowest BCUT2D eigenvalue weighted by molar-refractivity contribution is 1.48. The monoisotopic (exact) mass is 134 g/mol. The summed E-state index contributed by atoms with van der Waals surface area (Å²) in [6, 6.07) is 0. The van der Waals surface area contributed by atoms with Crippen LogP contribution in [0.5, 0.6) is 0 Å². The van der Waals surface area contributed by atoms with E-state index in [9.17, 15) is 0 Å². The molecule has 0 heteroatoms. The lowest BCUT2D eigenvalue weighted by Gasteiger charge is -1.98. The van der Waals surface area contributed by atoms with Crippen LogP contribution >= 0.6 is 0 Å². The standard InChI is InChI=1S/C10H14/c1-5-9(6-2)10(7-3)8-4/h5-8H,1,3H2,2,4H3/b9-6+,10-8+. The van der Waals surface area contributed by atoms with E-state index >= 15 is 0 Å². The first-order valence-corrected chi connectivity index (χ1v) is 3.38. The molecule has 0 aromatic heterocycles. The molecule has 0 aliphatic carbocycles. The Labute approximate surface area is 63.3 Å². The Morgan fingerprint density at radius 2 is 1.20 bits per heavy atom. The molecule has 0 saturated heterocycles. The van der Waals surface area contributed by atoms with Gasteiger partial charge >= 0.3 is 0 Å². The van der Waals surface area contributed by atoms with Crippen molar-refractivity contribution < 1.29 is 0 Å². The van der Waals surface area contributed by atoms with Crippen molar-refractivity contribution >= 4 is 0 Å². The summed E-state index contributed by atoms with van der Waals surface area (Å²) in [5.41, 5.74) is 2.27. The molecule has 0 N–H and O–H groups in total. The van der Waals surface area contributed by atoms with Gasteiger partial charge in [0.25, 0.3) is 0 Å². The summed E-state index contributed by atoms with van der Waals surface area (Å²) in [6.45, 7) is 11.4. The van der Waals surface area contributed by atoms with E-state index in [0.717, 1.165) is 11.1 Å². The van der Waals surface area contributed by atoms with E-state index in [1.165, 1.54) is 0 Å². The van der Waals surface area contributed by atoms with Gasteiger partial charge in [-0.05, 0) is 25.0 Å². The van der Waals surface area contributed by atoms with Crippen LogP contribution in [0.3, 0.4) is 0 Å². The zero-order valence-corrected chi connectivity index (χ0v) is 6.72. The molecule has 0 spiro atoms. The molecule has 0 nitrogen and oxygen atoms in total. The lowest BCUT2D eigenvalue weighted by atomic mass is 10.1. The summed E-state index contributed by atoms with van der Waals surface area (Å²) in [5.74, 6) is 0. The average molecular weight is 134 g/mol. The molecule has 0 aromatic carbocycles. The molecule has 0 atom stereocenters. The van der Waals surface area contributed by atoms with E-state index in [1.54, 1.807) is 0 Å². The van der Waals surface area contributed by atoms with Gasteiger partial charge in [0.05, 0.1) is 0 Å². The minimum atomic E-state index is 1.14. The highest BCUT2D eigenvalue weighted by Gasteiger charge is 1.91. The third kappa shape index (κ3) is 2.06. The largest absolute Gasteiger partial charge is 0.0985 e. The Kier molecular flexibility index (Phi) is 4.30. The summed E-state index contributed by atoms with van der Waals surface area (Å²) in [7, 11) is 0. The lowest BCUT2D eigenvalue weighted by Crippen LogP contribution is -1.79. The fourth-order valence-electron chi connectivity index (χ4n) is 0.805. The third-order valence-corrected chi connectivity index (χ3v) is 1.40. The highest BCUT2D eigenvalue weighted by molar-refractivity contribution is 5.44. The minimum absolute atomic E-state index is 1.14. The van der Waals surface area contributed by atoms with Crippen LogP contribution in [0.15, 0.2) is 48.6 Å². The second kappa shape index (κ2) is 4.80. The second-order valence-electron chi connectivity index (χ2n) is 1.90. The molecule has 0 amide bonds.